The highest BCUT2D eigenvalue weighted by molar-refractivity contribution is 5.17. The number of hydrogen-bond donors (Lipinski definition) is 0. The van der Waals surface area contributed by atoms with E-state index in [2.05, 4.69) is 27.7 Å². The molecule has 2 saturated carbocycles. The highest BCUT2D eigenvalue weighted by Crippen LogP contribution is 2.73. The van der Waals surface area contributed by atoms with Gasteiger partial charge in [0.1, 0.15) is 0 Å². The van der Waals surface area contributed by atoms with E-state index < -0.39 is 0 Å². The zero-order valence-electron chi connectivity index (χ0n) is 9.18. The van der Waals surface area contributed by atoms with E-state index >= 15 is 0 Å². The molecule has 0 aromatic heterocycles. The maximum absolute atomic E-state index is 12.8. The van der Waals surface area contributed by atoms with Crippen molar-refractivity contribution in [3.63, 3.8) is 0 Å². The van der Waals surface area contributed by atoms with Gasteiger partial charge in [-0.25, -0.2) is 0 Å². The first kappa shape index (κ1) is 9.48. The van der Waals surface area contributed by atoms with Crippen molar-refractivity contribution in [3.05, 3.63) is 0 Å². The average Bonchev–Trinajstić information content (AvgIpc) is 2.05. The van der Waals surface area contributed by atoms with Gasteiger partial charge in [0.15, 0.2) is 0 Å². The Morgan fingerprint density at radius 3 is 2.15 bits per heavy atom. The van der Waals surface area contributed by atoms with Crippen molar-refractivity contribution in [1.29, 1.82) is 0 Å². The molecule has 0 aromatic rings. The zero-order valence-corrected chi connectivity index (χ0v) is 9.18. The molecule has 0 nitrogen and oxygen atoms in total. The molecule has 0 heterocycles. The highest BCUT2D eigenvalue weighted by Gasteiger charge is 2.70. The smallest absolute Gasteiger partial charge is 0.0930 e. The molecule has 0 N–H and O–H groups in total. The van der Waals surface area contributed by atoms with Gasteiger partial charge in [-0.2, -0.15) is 0 Å². The van der Waals surface area contributed by atoms with Gasteiger partial charge in [-0.3, -0.25) is 4.39 Å². The van der Waals surface area contributed by atoms with Crippen LogP contribution in [0.1, 0.15) is 34.1 Å². The summed E-state index contributed by atoms with van der Waals surface area (Å²) < 4.78 is 12.8. The fourth-order valence-electron chi connectivity index (χ4n) is 4.90. The van der Waals surface area contributed by atoms with Crippen LogP contribution in [0.5, 0.6) is 0 Å². The minimum atomic E-state index is -0.0998. The summed E-state index contributed by atoms with van der Waals surface area (Å²) >= 11 is 0. The molecule has 2 aliphatic carbocycles. The molecule has 1 heteroatoms. The van der Waals surface area contributed by atoms with Gasteiger partial charge >= 0.3 is 0 Å². The molecule has 0 bridgehead atoms. The summed E-state index contributed by atoms with van der Waals surface area (Å²) in [5.74, 6) is 3.44. The van der Waals surface area contributed by atoms with Crippen molar-refractivity contribution in [1.82, 2.24) is 0 Å². The van der Waals surface area contributed by atoms with Gasteiger partial charge in [-0.15, -0.1) is 0 Å². The molecular weight excluding hydrogens is 163 g/mol. The Balaban J connectivity index is 2.16. The van der Waals surface area contributed by atoms with Crippen molar-refractivity contribution in [2.45, 2.75) is 34.1 Å². The summed E-state index contributed by atoms with van der Waals surface area (Å²) in [4.78, 5) is 0. The van der Waals surface area contributed by atoms with E-state index in [-0.39, 0.29) is 6.67 Å². The van der Waals surface area contributed by atoms with Gasteiger partial charge in [-0.05, 0) is 35.0 Å². The van der Waals surface area contributed by atoms with Crippen LogP contribution in [-0.2, 0) is 0 Å². The Morgan fingerprint density at radius 1 is 1.15 bits per heavy atom. The third-order valence-electron chi connectivity index (χ3n) is 5.32. The number of hydrogen-bond acceptors (Lipinski definition) is 0. The lowest BCUT2D eigenvalue weighted by Gasteiger charge is -2.74. The van der Waals surface area contributed by atoms with Crippen LogP contribution in [0.25, 0.3) is 0 Å². The van der Waals surface area contributed by atoms with Gasteiger partial charge < -0.3 is 0 Å². The zero-order chi connectivity index (χ0) is 9.80. The predicted octanol–water partition coefficient (Wildman–Crippen LogP) is 3.52. The molecule has 6 atom stereocenters. The minimum Gasteiger partial charge on any atom is -0.251 e. The van der Waals surface area contributed by atoms with E-state index in [1.807, 2.05) is 0 Å². The van der Waals surface area contributed by atoms with Gasteiger partial charge in [0.2, 0.25) is 0 Å². The van der Waals surface area contributed by atoms with E-state index in [0.29, 0.717) is 17.3 Å². The van der Waals surface area contributed by atoms with Gasteiger partial charge in [0.05, 0.1) is 6.67 Å². The summed E-state index contributed by atoms with van der Waals surface area (Å²) in [5, 5.41) is 0. The Labute approximate surface area is 80.9 Å². The van der Waals surface area contributed by atoms with Gasteiger partial charge in [-0.1, -0.05) is 34.1 Å². The number of fused-ring (bicyclic) bond motifs is 1. The highest BCUT2D eigenvalue weighted by atomic mass is 19.1. The molecule has 76 valence electrons. The van der Waals surface area contributed by atoms with E-state index in [4.69, 9.17) is 0 Å². The second kappa shape index (κ2) is 2.71. The molecule has 2 rings (SSSR count). The van der Waals surface area contributed by atoms with E-state index in [1.54, 1.807) is 0 Å². The molecule has 0 spiro atoms. The fourth-order valence-corrected chi connectivity index (χ4v) is 4.90. The summed E-state index contributed by atoms with van der Waals surface area (Å²) in [6, 6.07) is 0. The Hall–Kier alpha value is -0.0700. The summed E-state index contributed by atoms with van der Waals surface area (Å²) in [7, 11) is 0. The normalized spacial score (nSPS) is 59.3. The number of alkyl halides is 1. The summed E-state index contributed by atoms with van der Waals surface area (Å²) in [6.45, 7) is 9.05. The van der Waals surface area contributed by atoms with E-state index in [0.717, 1.165) is 17.8 Å². The van der Waals surface area contributed by atoms with Crippen LogP contribution < -0.4 is 0 Å². The lowest BCUT2D eigenvalue weighted by Crippen LogP contribution is -2.71. The summed E-state index contributed by atoms with van der Waals surface area (Å²) in [6.07, 6.45) is 1.23. The van der Waals surface area contributed by atoms with Crippen molar-refractivity contribution >= 4 is 0 Å². The largest absolute Gasteiger partial charge is 0.251 e. The lowest BCUT2D eigenvalue weighted by atomic mass is 9.30. The monoisotopic (exact) mass is 184 g/mol. The molecule has 6 unspecified atom stereocenters. The van der Waals surface area contributed by atoms with Crippen LogP contribution in [0.3, 0.4) is 0 Å². The summed E-state index contributed by atoms with van der Waals surface area (Å²) in [5.41, 5.74) is 0.363. The SMILES string of the molecule is CCC1C(C)C2C(C)C(CF)C12C. The number of rotatable bonds is 2. The second-order valence-corrected chi connectivity index (χ2v) is 5.39. The van der Waals surface area contributed by atoms with Gasteiger partial charge in [0.25, 0.3) is 0 Å². The molecular formula is C12H21F. The topological polar surface area (TPSA) is 0 Å². The first-order valence-corrected chi connectivity index (χ1v) is 5.64. The van der Waals surface area contributed by atoms with E-state index in [1.165, 1.54) is 6.42 Å². The van der Waals surface area contributed by atoms with Crippen LogP contribution in [0.2, 0.25) is 0 Å². The Bertz CT molecular complexity index is 180. The van der Waals surface area contributed by atoms with Crippen LogP contribution in [0.15, 0.2) is 0 Å². The molecule has 2 fully saturated rings. The first-order valence-electron chi connectivity index (χ1n) is 5.64. The molecule has 0 amide bonds. The first-order chi connectivity index (χ1) is 6.08. The van der Waals surface area contributed by atoms with Crippen LogP contribution in [-0.4, -0.2) is 6.67 Å². The molecule has 13 heavy (non-hydrogen) atoms. The number of halogens is 1. The Kier molecular flexibility index (Phi) is 1.98. The minimum absolute atomic E-state index is 0.0998. The third kappa shape index (κ3) is 0.818. The maximum Gasteiger partial charge on any atom is 0.0930 e. The molecule has 0 saturated heterocycles. The second-order valence-electron chi connectivity index (χ2n) is 5.39. The predicted molar refractivity (Wildman–Crippen MR) is 53.2 cm³/mol. The third-order valence-corrected chi connectivity index (χ3v) is 5.32. The van der Waals surface area contributed by atoms with Crippen molar-refractivity contribution in [2.24, 2.45) is 35.0 Å². The lowest BCUT2D eigenvalue weighted by molar-refractivity contribution is -0.275. The molecule has 0 aromatic carbocycles. The quantitative estimate of drug-likeness (QED) is 0.616. The maximum atomic E-state index is 12.8. The van der Waals surface area contributed by atoms with Gasteiger partial charge in [0, 0.05) is 0 Å². The average molecular weight is 184 g/mol. The fraction of sp³-hybridized carbons (Fsp3) is 1.00. The molecule has 2 aliphatic rings. The van der Waals surface area contributed by atoms with Crippen molar-refractivity contribution < 1.29 is 4.39 Å². The van der Waals surface area contributed by atoms with Crippen LogP contribution in [0, 0.1) is 35.0 Å². The van der Waals surface area contributed by atoms with Crippen molar-refractivity contribution in [3.8, 4) is 0 Å². The van der Waals surface area contributed by atoms with Crippen LogP contribution >= 0.6 is 0 Å². The van der Waals surface area contributed by atoms with Crippen LogP contribution in [0.4, 0.5) is 4.39 Å². The standard InChI is InChI=1S/C12H21F/c1-5-9-7(2)11-8(3)10(6-13)12(9,11)4/h7-11H,5-6H2,1-4H3. The molecule has 0 aliphatic heterocycles. The Morgan fingerprint density at radius 2 is 1.69 bits per heavy atom. The molecule has 0 radical (unpaired) electrons. The van der Waals surface area contributed by atoms with E-state index in [9.17, 15) is 4.39 Å². The van der Waals surface area contributed by atoms with Crippen molar-refractivity contribution in [2.75, 3.05) is 6.67 Å².